The van der Waals surface area contributed by atoms with Crippen LogP contribution >= 0.6 is 0 Å². The van der Waals surface area contributed by atoms with Crippen molar-refractivity contribution in [2.45, 2.75) is 97.0 Å². The molecular weight excluding hydrogens is 420 g/mol. The highest BCUT2D eigenvalue weighted by Crippen LogP contribution is 2.31. The van der Waals surface area contributed by atoms with Gasteiger partial charge in [-0.15, -0.1) is 0 Å². The van der Waals surface area contributed by atoms with Crippen LogP contribution in [0.4, 0.5) is 0 Å². The molecule has 32 heavy (non-hydrogen) atoms. The average molecular weight is 459 g/mol. The van der Waals surface area contributed by atoms with Crippen molar-refractivity contribution in [3.63, 3.8) is 0 Å². The van der Waals surface area contributed by atoms with Crippen LogP contribution in [-0.2, 0) is 23.8 Å². The van der Waals surface area contributed by atoms with Crippen molar-refractivity contribution in [3.8, 4) is 0 Å². The second-order valence-corrected chi connectivity index (χ2v) is 9.45. The van der Waals surface area contributed by atoms with Gasteiger partial charge in [0.1, 0.15) is 24.4 Å². The Balaban J connectivity index is 2.34. The van der Waals surface area contributed by atoms with Gasteiger partial charge in [0.15, 0.2) is 12.1 Å². The third-order valence-corrected chi connectivity index (χ3v) is 6.55. The maximum absolute atomic E-state index is 13.0. The minimum atomic E-state index is -1.52. The van der Waals surface area contributed by atoms with Gasteiger partial charge in [0.25, 0.3) is 0 Å². The summed E-state index contributed by atoms with van der Waals surface area (Å²) < 4.78 is 17.2. The first-order chi connectivity index (χ1) is 14.8. The average Bonchev–Trinajstić information content (AvgIpc) is 2.73. The van der Waals surface area contributed by atoms with E-state index in [0.717, 1.165) is 0 Å². The molecule has 0 radical (unpaired) electrons. The molecule has 2 aliphatic rings. The Labute approximate surface area is 189 Å². The van der Waals surface area contributed by atoms with Gasteiger partial charge in [-0.1, -0.05) is 26.8 Å². The van der Waals surface area contributed by atoms with Gasteiger partial charge in [-0.2, -0.15) is 0 Å². The van der Waals surface area contributed by atoms with E-state index in [2.05, 4.69) is 0 Å². The minimum Gasteiger partial charge on any atom is -0.459 e. The predicted molar refractivity (Wildman–Crippen MR) is 114 cm³/mol. The van der Waals surface area contributed by atoms with Crippen LogP contribution in [0.15, 0.2) is 12.2 Å². The number of ether oxygens (including phenoxy) is 3. The van der Waals surface area contributed by atoms with E-state index in [4.69, 9.17) is 14.2 Å². The van der Waals surface area contributed by atoms with E-state index in [1.165, 1.54) is 13.0 Å². The number of ketones is 1. The Bertz CT molecular complexity index is 678. The van der Waals surface area contributed by atoms with Crippen LogP contribution < -0.4 is 0 Å². The number of esters is 1. The zero-order chi connectivity index (χ0) is 24.3. The molecule has 2 rings (SSSR count). The molecule has 0 bridgehead atoms. The van der Waals surface area contributed by atoms with Gasteiger partial charge in [0.05, 0.1) is 24.2 Å². The first-order valence-electron chi connectivity index (χ1n) is 11.3. The van der Waals surface area contributed by atoms with Gasteiger partial charge in [-0.05, 0) is 39.2 Å². The lowest BCUT2D eigenvalue weighted by atomic mass is 9.84. The number of hydrogen-bond acceptors (Lipinski definition) is 9. The summed E-state index contributed by atoms with van der Waals surface area (Å²) in [5.74, 6) is -2.56. The quantitative estimate of drug-likeness (QED) is 0.446. The molecule has 184 valence electrons. The van der Waals surface area contributed by atoms with Crippen molar-refractivity contribution in [1.29, 1.82) is 0 Å². The second kappa shape index (κ2) is 11.2. The lowest BCUT2D eigenvalue weighted by Crippen LogP contribution is -2.58. The van der Waals surface area contributed by atoms with Gasteiger partial charge >= 0.3 is 5.97 Å². The smallest absolute Gasteiger partial charge is 0.311 e. The molecule has 0 aromatic carbocycles. The molecule has 1 fully saturated rings. The molecule has 0 aromatic rings. The molecule has 0 saturated carbocycles. The summed E-state index contributed by atoms with van der Waals surface area (Å²) in [5, 5.41) is 40.6. The van der Waals surface area contributed by atoms with Crippen molar-refractivity contribution in [3.05, 3.63) is 12.2 Å². The number of rotatable bonds is 3. The number of hydrogen-bond donors (Lipinski definition) is 4. The molecule has 9 nitrogen and oxygen atoms in total. The summed E-state index contributed by atoms with van der Waals surface area (Å²) in [6.45, 7) is 10.0. The van der Waals surface area contributed by atoms with Crippen molar-refractivity contribution < 1.29 is 44.2 Å². The predicted octanol–water partition coefficient (Wildman–Crippen LogP) is 0.565. The summed E-state index contributed by atoms with van der Waals surface area (Å²) in [4.78, 5) is 25.6. The van der Waals surface area contributed by atoms with Crippen LogP contribution in [0.25, 0.3) is 0 Å². The SMILES string of the molecule is C[C@@H]1C[C@H](C)C(O[C@@H]2O[C@@H](C)[C@H](O)[C@@H](O)[C@H]2O)[C@H](C)C(=O)OC([C@@H](C)O)[C@H](C)/C=C\C1=O. The number of aliphatic hydroxyl groups is 4. The zero-order valence-electron chi connectivity index (χ0n) is 19.6. The highest BCUT2D eigenvalue weighted by atomic mass is 16.7. The summed E-state index contributed by atoms with van der Waals surface area (Å²) in [6.07, 6.45) is -5.47. The van der Waals surface area contributed by atoms with Gasteiger partial charge < -0.3 is 34.6 Å². The molecule has 2 unspecified atom stereocenters. The van der Waals surface area contributed by atoms with Crippen molar-refractivity contribution in [2.75, 3.05) is 0 Å². The summed E-state index contributed by atoms with van der Waals surface area (Å²) >= 11 is 0. The first kappa shape index (κ1) is 26.9. The molecule has 4 N–H and O–H groups in total. The van der Waals surface area contributed by atoms with Crippen LogP contribution in [0.3, 0.4) is 0 Å². The number of allylic oxidation sites excluding steroid dienone is 1. The lowest BCUT2D eigenvalue weighted by Gasteiger charge is -2.42. The Morgan fingerprint density at radius 2 is 1.66 bits per heavy atom. The third-order valence-electron chi connectivity index (χ3n) is 6.55. The highest BCUT2D eigenvalue weighted by molar-refractivity contribution is 5.91. The Kier molecular flexibility index (Phi) is 9.39. The van der Waals surface area contributed by atoms with Crippen LogP contribution in [0.2, 0.25) is 0 Å². The van der Waals surface area contributed by atoms with E-state index in [0.29, 0.717) is 6.42 Å². The maximum Gasteiger partial charge on any atom is 0.311 e. The molecule has 0 aromatic heterocycles. The van der Waals surface area contributed by atoms with Gasteiger partial charge in [-0.25, -0.2) is 0 Å². The van der Waals surface area contributed by atoms with Crippen LogP contribution in [0, 0.1) is 23.7 Å². The Morgan fingerprint density at radius 1 is 1.03 bits per heavy atom. The molecule has 0 spiro atoms. The summed E-state index contributed by atoms with van der Waals surface area (Å²) in [5.41, 5.74) is 0. The van der Waals surface area contributed by atoms with E-state index in [9.17, 15) is 30.0 Å². The maximum atomic E-state index is 13.0. The first-order valence-corrected chi connectivity index (χ1v) is 11.3. The van der Waals surface area contributed by atoms with Crippen LogP contribution in [-0.4, -0.2) is 81.2 Å². The van der Waals surface area contributed by atoms with E-state index in [1.54, 1.807) is 33.8 Å². The molecule has 0 amide bonds. The van der Waals surface area contributed by atoms with Gasteiger partial charge in [-0.3, -0.25) is 9.59 Å². The Hall–Kier alpha value is -1.36. The summed E-state index contributed by atoms with van der Waals surface area (Å²) in [7, 11) is 0. The second-order valence-electron chi connectivity index (χ2n) is 9.45. The van der Waals surface area contributed by atoms with E-state index < -0.39 is 60.9 Å². The van der Waals surface area contributed by atoms with Gasteiger partial charge in [0.2, 0.25) is 0 Å². The van der Waals surface area contributed by atoms with Gasteiger partial charge in [0, 0.05) is 11.8 Å². The number of cyclic esters (lactones) is 1. The fourth-order valence-corrected chi connectivity index (χ4v) is 4.37. The minimum absolute atomic E-state index is 0.0903. The topological polar surface area (TPSA) is 143 Å². The molecule has 9 heteroatoms. The standard InChI is InChI=1S/C23H38O9/c1-10-7-8-16(25)11(2)9-12(3)20(13(4)22(29)31-21(10)14(5)24)32-23-19(28)18(27)17(26)15(6)30-23/h7-8,10-15,17-21,23-24,26-28H,9H2,1-6H3/b8-7-/t10-,11-,12+,13+,14-,15+,17+,18-,19-,20?,21?,23+/m1/s1. The zero-order valence-corrected chi connectivity index (χ0v) is 19.6. The molecule has 1 saturated heterocycles. The Morgan fingerprint density at radius 3 is 2.25 bits per heavy atom. The third kappa shape index (κ3) is 6.15. The molecule has 12 atom stereocenters. The number of carbonyl (C=O) groups excluding carboxylic acids is 2. The normalized spacial score (nSPS) is 46.5. The van der Waals surface area contributed by atoms with E-state index >= 15 is 0 Å². The van der Waals surface area contributed by atoms with E-state index in [1.807, 2.05) is 6.92 Å². The molecule has 0 aliphatic carbocycles. The molecule has 2 aliphatic heterocycles. The largest absolute Gasteiger partial charge is 0.459 e. The summed E-state index contributed by atoms with van der Waals surface area (Å²) in [6, 6.07) is 0. The van der Waals surface area contributed by atoms with E-state index in [-0.39, 0.29) is 23.5 Å². The monoisotopic (exact) mass is 458 g/mol. The van der Waals surface area contributed by atoms with Crippen molar-refractivity contribution in [1.82, 2.24) is 0 Å². The lowest BCUT2D eigenvalue weighted by molar-refractivity contribution is -0.311. The highest BCUT2D eigenvalue weighted by Gasteiger charge is 2.45. The van der Waals surface area contributed by atoms with Crippen molar-refractivity contribution in [2.24, 2.45) is 23.7 Å². The molecule has 2 heterocycles. The fraction of sp³-hybridized carbons (Fsp3) is 0.826. The number of carbonyl (C=O) groups is 2. The fourth-order valence-electron chi connectivity index (χ4n) is 4.37. The van der Waals surface area contributed by atoms with Crippen molar-refractivity contribution >= 4 is 11.8 Å². The number of aliphatic hydroxyl groups excluding tert-OH is 4. The molecular formula is C23H38O9. The van der Waals surface area contributed by atoms with Crippen LogP contribution in [0.1, 0.15) is 48.0 Å². The van der Waals surface area contributed by atoms with Crippen LogP contribution in [0.5, 0.6) is 0 Å².